The summed E-state index contributed by atoms with van der Waals surface area (Å²) < 4.78 is 51.0. The van der Waals surface area contributed by atoms with E-state index in [1.54, 1.807) is 6.07 Å². The topological polar surface area (TPSA) is 21.7 Å². The van der Waals surface area contributed by atoms with Gasteiger partial charge in [0.1, 0.15) is 23.7 Å². The molecule has 0 aliphatic carbocycles. The quantitative estimate of drug-likeness (QED) is 0.560. The molecule has 2 aromatic rings. The van der Waals surface area contributed by atoms with Crippen molar-refractivity contribution in [2.45, 2.75) is 32.0 Å². The summed E-state index contributed by atoms with van der Waals surface area (Å²) in [5, 5.41) is 0. The number of rotatable bonds is 6. The third kappa shape index (κ3) is 6.16. The maximum atomic E-state index is 13.1. The van der Waals surface area contributed by atoms with Gasteiger partial charge >= 0.3 is 6.18 Å². The van der Waals surface area contributed by atoms with E-state index in [9.17, 15) is 13.2 Å². The number of nitrogens with zero attached hydrogens (tertiary/aromatic N) is 1. The first-order chi connectivity index (χ1) is 13.5. The molecule has 0 aromatic heterocycles. The summed E-state index contributed by atoms with van der Waals surface area (Å²) in [5.74, 6) is 1.39. The summed E-state index contributed by atoms with van der Waals surface area (Å²) in [4.78, 5) is 2.04. The first kappa shape index (κ1) is 24.1. The second-order valence-electron chi connectivity index (χ2n) is 8.06. The first-order valence-corrected chi connectivity index (χ1v) is 9.52. The third-order valence-electron chi connectivity index (χ3n) is 4.65. The minimum Gasteiger partial charge on any atom is -0.492 e. The summed E-state index contributed by atoms with van der Waals surface area (Å²) in [6.07, 6.45) is -1.98. The van der Waals surface area contributed by atoms with Gasteiger partial charge in [-0.2, -0.15) is 13.2 Å². The van der Waals surface area contributed by atoms with Gasteiger partial charge in [0.2, 0.25) is 0 Å². The molecule has 1 heterocycles. The highest BCUT2D eigenvalue weighted by Gasteiger charge is 2.31. The molecule has 0 unspecified atom stereocenters. The number of halogens is 4. The van der Waals surface area contributed by atoms with E-state index in [4.69, 9.17) is 9.47 Å². The predicted octanol–water partition coefficient (Wildman–Crippen LogP) is 5.86. The zero-order chi connectivity index (χ0) is 21.2. The number of allylic oxidation sites excluding steroid dienone is 1. The van der Waals surface area contributed by atoms with Crippen LogP contribution in [0.2, 0.25) is 0 Å². The molecule has 0 atom stereocenters. The Labute approximate surface area is 181 Å². The number of hydrogen-bond donors (Lipinski definition) is 0. The van der Waals surface area contributed by atoms with E-state index in [0.717, 1.165) is 23.7 Å². The average molecular weight is 442 g/mol. The molecule has 0 saturated heterocycles. The Hall–Kier alpha value is -2.18. The van der Waals surface area contributed by atoms with Gasteiger partial charge in [-0.05, 0) is 69.8 Å². The molecule has 1 aliphatic rings. The van der Waals surface area contributed by atoms with Gasteiger partial charge in [-0.25, -0.2) is 0 Å². The van der Waals surface area contributed by atoms with Crippen molar-refractivity contribution in [3.05, 3.63) is 65.2 Å². The molecule has 0 amide bonds. The second kappa shape index (κ2) is 9.31. The van der Waals surface area contributed by atoms with E-state index in [1.807, 2.05) is 57.1 Å². The van der Waals surface area contributed by atoms with E-state index in [1.165, 1.54) is 12.1 Å². The van der Waals surface area contributed by atoms with Crippen LogP contribution in [0.5, 0.6) is 11.5 Å². The largest absolute Gasteiger partial charge is 0.492 e. The molecule has 0 saturated carbocycles. The van der Waals surface area contributed by atoms with Gasteiger partial charge in [-0.1, -0.05) is 18.2 Å². The van der Waals surface area contributed by atoms with Gasteiger partial charge in [0.05, 0.1) is 5.56 Å². The van der Waals surface area contributed by atoms with Gasteiger partial charge in [0.25, 0.3) is 0 Å². The van der Waals surface area contributed by atoms with Gasteiger partial charge < -0.3 is 14.4 Å². The number of ether oxygens (including phenoxy) is 2. The van der Waals surface area contributed by atoms with Crippen LogP contribution < -0.4 is 9.47 Å². The van der Waals surface area contributed by atoms with Crippen LogP contribution in [-0.4, -0.2) is 37.7 Å². The SMILES string of the molecule is CN(C)CCOc1ccc2c(c1)OC(C)(C)C=C2Cc1cccc(C(F)(F)F)c1.Cl. The molecule has 0 spiro atoms. The standard InChI is InChI=1S/C23H26F3NO2.ClH/c1-22(2)15-17(12-16-6-5-7-18(13-16)23(24,25)26)20-9-8-19(14-21(20)29-22)28-11-10-27(3)4;/h5-9,13-15H,10-12H2,1-4H3;1H. The van der Waals surface area contributed by atoms with E-state index in [2.05, 4.69) is 0 Å². The maximum Gasteiger partial charge on any atom is 0.416 e. The van der Waals surface area contributed by atoms with E-state index < -0.39 is 17.3 Å². The Morgan fingerprint density at radius 3 is 2.47 bits per heavy atom. The van der Waals surface area contributed by atoms with Gasteiger partial charge in [0, 0.05) is 18.2 Å². The summed E-state index contributed by atoms with van der Waals surface area (Å²) in [6.45, 7) is 5.22. The normalized spacial score (nSPS) is 15.0. The van der Waals surface area contributed by atoms with E-state index in [-0.39, 0.29) is 12.4 Å². The lowest BCUT2D eigenvalue weighted by Crippen LogP contribution is -2.29. The molecule has 0 fully saturated rings. The van der Waals surface area contributed by atoms with Crippen LogP contribution >= 0.6 is 12.4 Å². The molecule has 3 rings (SSSR count). The fourth-order valence-corrected chi connectivity index (χ4v) is 3.32. The Morgan fingerprint density at radius 2 is 1.80 bits per heavy atom. The predicted molar refractivity (Wildman–Crippen MR) is 116 cm³/mol. The number of alkyl halides is 3. The second-order valence-corrected chi connectivity index (χ2v) is 8.06. The highest BCUT2D eigenvalue weighted by atomic mass is 35.5. The Morgan fingerprint density at radius 1 is 1.07 bits per heavy atom. The minimum absolute atomic E-state index is 0. The molecule has 164 valence electrons. The van der Waals surface area contributed by atoms with Crippen molar-refractivity contribution in [2.75, 3.05) is 27.2 Å². The molecule has 0 radical (unpaired) electrons. The zero-order valence-corrected chi connectivity index (χ0v) is 18.4. The molecular formula is C23H27ClF3NO2. The van der Waals surface area contributed by atoms with Crippen LogP contribution in [0.15, 0.2) is 48.5 Å². The lowest BCUT2D eigenvalue weighted by molar-refractivity contribution is -0.137. The van der Waals surface area contributed by atoms with E-state index in [0.29, 0.717) is 30.1 Å². The lowest BCUT2D eigenvalue weighted by Gasteiger charge is -2.31. The van der Waals surface area contributed by atoms with Gasteiger partial charge in [-0.3, -0.25) is 0 Å². The number of hydrogen-bond acceptors (Lipinski definition) is 3. The molecular weight excluding hydrogens is 415 g/mol. The van der Waals surface area contributed by atoms with Crippen molar-refractivity contribution in [3.8, 4) is 11.5 Å². The molecule has 2 aromatic carbocycles. The fraction of sp³-hybridized carbons (Fsp3) is 0.391. The van der Waals surface area contributed by atoms with Crippen LogP contribution in [0.1, 0.15) is 30.5 Å². The van der Waals surface area contributed by atoms with Gasteiger partial charge in [0.15, 0.2) is 0 Å². The molecule has 0 bridgehead atoms. The highest BCUT2D eigenvalue weighted by molar-refractivity contribution is 5.85. The van der Waals surface area contributed by atoms with Crippen LogP contribution in [0, 0.1) is 0 Å². The van der Waals surface area contributed by atoms with Crippen molar-refractivity contribution < 1.29 is 22.6 Å². The first-order valence-electron chi connectivity index (χ1n) is 9.52. The Bertz CT molecular complexity index is 908. The summed E-state index contributed by atoms with van der Waals surface area (Å²) in [5.41, 5.74) is 1.23. The summed E-state index contributed by atoms with van der Waals surface area (Å²) in [7, 11) is 3.96. The number of likely N-dealkylation sites (N-methyl/N-ethyl adjacent to an activating group) is 1. The van der Waals surface area contributed by atoms with Crippen LogP contribution in [0.25, 0.3) is 5.57 Å². The monoisotopic (exact) mass is 441 g/mol. The van der Waals surface area contributed by atoms with Crippen LogP contribution in [0.4, 0.5) is 13.2 Å². The van der Waals surface area contributed by atoms with Crippen molar-refractivity contribution in [3.63, 3.8) is 0 Å². The minimum atomic E-state index is -4.35. The smallest absolute Gasteiger partial charge is 0.416 e. The van der Waals surface area contributed by atoms with Crippen molar-refractivity contribution in [2.24, 2.45) is 0 Å². The Kier molecular flexibility index (Phi) is 7.48. The average Bonchev–Trinajstić information content (AvgIpc) is 2.59. The lowest BCUT2D eigenvalue weighted by atomic mass is 9.90. The molecule has 7 heteroatoms. The third-order valence-corrected chi connectivity index (χ3v) is 4.65. The molecule has 0 N–H and O–H groups in total. The molecule has 3 nitrogen and oxygen atoms in total. The van der Waals surface area contributed by atoms with Crippen molar-refractivity contribution >= 4 is 18.0 Å². The molecule has 30 heavy (non-hydrogen) atoms. The van der Waals surface area contributed by atoms with Crippen LogP contribution in [0.3, 0.4) is 0 Å². The fourth-order valence-electron chi connectivity index (χ4n) is 3.32. The zero-order valence-electron chi connectivity index (χ0n) is 17.5. The maximum absolute atomic E-state index is 13.1. The summed E-state index contributed by atoms with van der Waals surface area (Å²) >= 11 is 0. The van der Waals surface area contributed by atoms with Crippen molar-refractivity contribution in [1.29, 1.82) is 0 Å². The summed E-state index contributed by atoms with van der Waals surface area (Å²) in [6, 6.07) is 11.1. The number of fused-ring (bicyclic) bond motifs is 1. The van der Waals surface area contributed by atoms with Gasteiger partial charge in [-0.15, -0.1) is 12.4 Å². The Balaban J connectivity index is 0.00000320. The highest BCUT2D eigenvalue weighted by Crippen LogP contribution is 2.40. The molecule has 1 aliphatic heterocycles. The van der Waals surface area contributed by atoms with E-state index >= 15 is 0 Å². The van der Waals surface area contributed by atoms with Crippen LogP contribution in [-0.2, 0) is 12.6 Å². The van der Waals surface area contributed by atoms with Crippen molar-refractivity contribution in [1.82, 2.24) is 4.90 Å². The number of benzene rings is 2.